The van der Waals surface area contributed by atoms with Crippen LogP contribution in [0.1, 0.15) is 25.0 Å². The molecule has 0 saturated heterocycles. The molecule has 1 aliphatic rings. The highest BCUT2D eigenvalue weighted by molar-refractivity contribution is 6.03. The molecule has 0 radical (unpaired) electrons. The van der Waals surface area contributed by atoms with Crippen LogP contribution < -0.4 is 4.90 Å². The van der Waals surface area contributed by atoms with Crippen molar-refractivity contribution in [1.29, 1.82) is 0 Å². The maximum Gasteiger partial charge on any atom is 0.0546 e. The summed E-state index contributed by atoms with van der Waals surface area (Å²) >= 11 is 0. The van der Waals surface area contributed by atoms with Crippen molar-refractivity contribution in [1.82, 2.24) is 0 Å². The van der Waals surface area contributed by atoms with Crippen molar-refractivity contribution >= 4 is 27.8 Å². The van der Waals surface area contributed by atoms with E-state index in [1.54, 1.807) is 0 Å². The van der Waals surface area contributed by atoms with E-state index in [1.807, 2.05) is 0 Å². The molecule has 1 aliphatic carbocycles. The lowest BCUT2D eigenvalue weighted by molar-refractivity contribution is 0.661. The van der Waals surface area contributed by atoms with E-state index in [9.17, 15) is 0 Å². The molecular weight excluding hydrogens is 603 g/mol. The van der Waals surface area contributed by atoms with Crippen LogP contribution in [-0.4, -0.2) is 0 Å². The molecule has 0 fully saturated rings. The van der Waals surface area contributed by atoms with Crippen molar-refractivity contribution < 1.29 is 0 Å². The lowest BCUT2D eigenvalue weighted by atomic mass is 9.81. The molecule has 0 amide bonds. The summed E-state index contributed by atoms with van der Waals surface area (Å²) in [5.74, 6) is 0. The van der Waals surface area contributed by atoms with Crippen LogP contribution in [0, 0.1) is 0 Å². The minimum atomic E-state index is -0.198. The maximum absolute atomic E-state index is 2.53. The molecule has 0 N–H and O–H groups in total. The number of hydrogen-bond acceptors (Lipinski definition) is 1. The highest BCUT2D eigenvalue weighted by Gasteiger charge is 2.39. The maximum atomic E-state index is 2.53. The number of rotatable bonds is 6. The molecule has 0 atom stereocenters. The van der Waals surface area contributed by atoms with Crippen LogP contribution in [0.5, 0.6) is 0 Å². The Hall–Kier alpha value is -6.18. The quantitative estimate of drug-likeness (QED) is 0.175. The zero-order valence-electron chi connectivity index (χ0n) is 28.3. The zero-order valence-corrected chi connectivity index (χ0v) is 28.3. The minimum Gasteiger partial charge on any atom is -0.309 e. The second-order valence-electron chi connectivity index (χ2n) is 13.7. The number of benzene rings is 8. The summed E-state index contributed by atoms with van der Waals surface area (Å²) in [4.78, 5) is 2.53. The lowest BCUT2D eigenvalue weighted by Crippen LogP contribution is -2.21. The van der Waals surface area contributed by atoms with Crippen LogP contribution >= 0.6 is 0 Å². The summed E-state index contributed by atoms with van der Waals surface area (Å²) in [6.07, 6.45) is 0. The van der Waals surface area contributed by atoms with Gasteiger partial charge in [-0.05, 0) is 85.1 Å². The fourth-order valence-electron chi connectivity index (χ4n) is 8.17. The Morgan fingerprint density at radius 1 is 0.380 bits per heavy atom. The molecule has 0 aliphatic heterocycles. The SMILES string of the molecule is CC1(C)c2ccccc2-c2cccc(N(c3ccc4ccccc4c3)c3cccc(-c4ccccc4)c3-c3ccccc3-c3ccccc3)c21. The van der Waals surface area contributed by atoms with Gasteiger partial charge in [0.05, 0.1) is 11.4 Å². The minimum absolute atomic E-state index is 0.198. The van der Waals surface area contributed by atoms with E-state index in [0.29, 0.717) is 0 Å². The lowest BCUT2D eigenvalue weighted by Gasteiger charge is -2.34. The van der Waals surface area contributed by atoms with E-state index in [2.05, 4.69) is 207 Å². The fraction of sp³-hybridized carbons (Fsp3) is 0.0612. The van der Waals surface area contributed by atoms with Gasteiger partial charge in [0, 0.05) is 16.7 Å². The van der Waals surface area contributed by atoms with Gasteiger partial charge in [-0.2, -0.15) is 0 Å². The van der Waals surface area contributed by atoms with E-state index in [0.717, 1.165) is 11.4 Å². The van der Waals surface area contributed by atoms with Crippen molar-refractivity contribution in [3.8, 4) is 44.5 Å². The summed E-state index contributed by atoms with van der Waals surface area (Å²) < 4.78 is 0. The Morgan fingerprint density at radius 3 is 1.66 bits per heavy atom. The second kappa shape index (κ2) is 12.1. The normalized spacial score (nSPS) is 12.8. The Morgan fingerprint density at radius 2 is 0.920 bits per heavy atom. The summed E-state index contributed by atoms with van der Waals surface area (Å²) in [7, 11) is 0. The molecule has 1 nitrogen and oxygen atoms in total. The van der Waals surface area contributed by atoms with Crippen molar-refractivity contribution in [2.45, 2.75) is 19.3 Å². The van der Waals surface area contributed by atoms with Gasteiger partial charge in [-0.1, -0.05) is 178 Å². The van der Waals surface area contributed by atoms with Gasteiger partial charge in [0.2, 0.25) is 0 Å². The van der Waals surface area contributed by atoms with Crippen molar-refractivity contribution in [3.05, 3.63) is 199 Å². The summed E-state index contributed by atoms with van der Waals surface area (Å²) in [6, 6.07) is 68.7. The molecule has 0 unspecified atom stereocenters. The first-order valence-corrected chi connectivity index (χ1v) is 17.5. The fourth-order valence-corrected chi connectivity index (χ4v) is 8.17. The first-order valence-electron chi connectivity index (χ1n) is 17.5. The zero-order chi connectivity index (χ0) is 33.7. The molecule has 9 rings (SSSR count). The largest absolute Gasteiger partial charge is 0.309 e. The highest BCUT2D eigenvalue weighted by Crippen LogP contribution is 2.56. The van der Waals surface area contributed by atoms with Gasteiger partial charge in [0.25, 0.3) is 0 Å². The van der Waals surface area contributed by atoms with Gasteiger partial charge >= 0.3 is 0 Å². The molecule has 0 bridgehead atoms. The van der Waals surface area contributed by atoms with Gasteiger partial charge in [-0.25, -0.2) is 0 Å². The van der Waals surface area contributed by atoms with Gasteiger partial charge < -0.3 is 4.90 Å². The van der Waals surface area contributed by atoms with E-state index in [1.165, 1.54) is 72.1 Å². The Balaban J connectivity index is 1.40. The highest BCUT2D eigenvalue weighted by atomic mass is 15.1. The van der Waals surface area contributed by atoms with Crippen LogP contribution in [0.15, 0.2) is 188 Å². The van der Waals surface area contributed by atoms with Crippen LogP contribution in [0.25, 0.3) is 55.3 Å². The average molecular weight is 640 g/mol. The van der Waals surface area contributed by atoms with E-state index in [-0.39, 0.29) is 5.41 Å². The van der Waals surface area contributed by atoms with Gasteiger partial charge in [0.15, 0.2) is 0 Å². The van der Waals surface area contributed by atoms with Crippen molar-refractivity contribution in [3.63, 3.8) is 0 Å². The Bertz CT molecular complexity index is 2510. The van der Waals surface area contributed by atoms with Crippen LogP contribution in [0.4, 0.5) is 17.1 Å². The van der Waals surface area contributed by atoms with Crippen LogP contribution in [0.2, 0.25) is 0 Å². The molecule has 0 aromatic heterocycles. The van der Waals surface area contributed by atoms with Crippen LogP contribution in [0.3, 0.4) is 0 Å². The topological polar surface area (TPSA) is 3.24 Å². The molecule has 238 valence electrons. The third-order valence-corrected chi connectivity index (χ3v) is 10.4. The molecule has 8 aromatic carbocycles. The van der Waals surface area contributed by atoms with E-state index < -0.39 is 0 Å². The van der Waals surface area contributed by atoms with Crippen molar-refractivity contribution in [2.24, 2.45) is 0 Å². The Labute approximate surface area is 294 Å². The predicted molar refractivity (Wildman–Crippen MR) is 213 cm³/mol. The van der Waals surface area contributed by atoms with E-state index in [4.69, 9.17) is 0 Å². The average Bonchev–Trinajstić information content (AvgIpc) is 3.42. The molecule has 1 heteroatoms. The first-order chi connectivity index (χ1) is 24.6. The summed E-state index contributed by atoms with van der Waals surface area (Å²) in [6.45, 7) is 4.76. The summed E-state index contributed by atoms with van der Waals surface area (Å²) in [5, 5.41) is 2.45. The third kappa shape index (κ3) is 4.85. The molecule has 0 spiro atoms. The summed E-state index contributed by atoms with van der Waals surface area (Å²) in [5.41, 5.74) is 15.8. The van der Waals surface area contributed by atoms with Crippen molar-refractivity contribution in [2.75, 3.05) is 4.90 Å². The second-order valence-corrected chi connectivity index (χ2v) is 13.7. The van der Waals surface area contributed by atoms with E-state index >= 15 is 0 Å². The Kier molecular flexibility index (Phi) is 7.21. The number of hydrogen-bond donors (Lipinski definition) is 0. The number of nitrogens with zero attached hydrogens (tertiary/aromatic N) is 1. The number of fused-ring (bicyclic) bond motifs is 4. The molecule has 0 heterocycles. The monoisotopic (exact) mass is 639 g/mol. The molecule has 0 saturated carbocycles. The molecular formula is C49H37N. The predicted octanol–water partition coefficient (Wildman–Crippen LogP) is 13.6. The third-order valence-electron chi connectivity index (χ3n) is 10.4. The first kappa shape index (κ1) is 29.9. The molecule has 50 heavy (non-hydrogen) atoms. The molecule has 8 aromatic rings. The van der Waals surface area contributed by atoms with Gasteiger partial charge in [0.1, 0.15) is 0 Å². The standard InChI is InChI=1S/C49H37N/c1-49(2)44-28-14-13-24-41(44)43-27-16-30-46(48(43)49)50(38-32-31-34-17-9-10-22-37(34)33-38)45-29-15-26-40(36-20-7-4-8-21-36)47(45)42-25-12-11-23-39(42)35-18-5-3-6-19-35/h3-33H,1-2H3. The van der Waals surface area contributed by atoms with Gasteiger partial charge in [-0.15, -0.1) is 0 Å². The van der Waals surface area contributed by atoms with Crippen LogP contribution in [-0.2, 0) is 5.41 Å². The van der Waals surface area contributed by atoms with Gasteiger partial charge in [-0.3, -0.25) is 0 Å². The smallest absolute Gasteiger partial charge is 0.0546 e. The number of anilines is 3.